The third kappa shape index (κ3) is 3.75. The molecule has 3 amide bonds. The Morgan fingerprint density at radius 3 is 2.50 bits per heavy atom. The highest BCUT2D eigenvalue weighted by Gasteiger charge is 2.44. The van der Waals surface area contributed by atoms with E-state index >= 15 is 0 Å². The van der Waals surface area contributed by atoms with Gasteiger partial charge in [-0.25, -0.2) is 4.39 Å². The fraction of sp³-hybridized carbons (Fsp3) is 0.571. The first-order valence-corrected chi connectivity index (χ1v) is 10.2. The van der Waals surface area contributed by atoms with Crippen LogP contribution in [0.4, 0.5) is 4.39 Å². The van der Waals surface area contributed by atoms with E-state index in [-0.39, 0.29) is 36.0 Å². The molecule has 2 aliphatic heterocycles. The quantitative estimate of drug-likeness (QED) is 0.854. The number of hydrogen-bond acceptors (Lipinski definition) is 3. The zero-order chi connectivity index (χ0) is 19.7. The summed E-state index contributed by atoms with van der Waals surface area (Å²) in [5, 5.41) is 2.81. The third-order valence-corrected chi connectivity index (χ3v) is 6.20. The minimum absolute atomic E-state index is 0.0638. The third-order valence-electron chi connectivity index (χ3n) is 6.20. The molecule has 7 heteroatoms. The molecule has 0 bridgehead atoms. The van der Waals surface area contributed by atoms with E-state index in [1.54, 1.807) is 21.9 Å². The van der Waals surface area contributed by atoms with Crippen LogP contribution in [0.5, 0.6) is 0 Å². The first-order chi connectivity index (χ1) is 13.5. The molecular formula is C21H26FN3O3. The lowest BCUT2D eigenvalue weighted by Gasteiger charge is -2.46. The molecule has 2 atom stereocenters. The van der Waals surface area contributed by atoms with Gasteiger partial charge in [0.15, 0.2) is 0 Å². The lowest BCUT2D eigenvalue weighted by molar-refractivity contribution is -0.156. The van der Waals surface area contributed by atoms with E-state index < -0.39 is 12.1 Å². The second kappa shape index (κ2) is 7.89. The van der Waals surface area contributed by atoms with Crippen LogP contribution >= 0.6 is 0 Å². The van der Waals surface area contributed by atoms with Crippen molar-refractivity contribution in [2.45, 2.75) is 50.6 Å². The minimum atomic E-state index is -0.644. The summed E-state index contributed by atoms with van der Waals surface area (Å²) in [7, 11) is 0. The van der Waals surface area contributed by atoms with Gasteiger partial charge in [-0.15, -0.1) is 0 Å². The van der Waals surface area contributed by atoms with E-state index in [4.69, 9.17) is 0 Å². The number of nitrogens with one attached hydrogen (secondary N) is 1. The van der Waals surface area contributed by atoms with Crippen LogP contribution in [0.2, 0.25) is 0 Å². The van der Waals surface area contributed by atoms with Crippen molar-refractivity contribution in [3.63, 3.8) is 0 Å². The first kappa shape index (κ1) is 18.9. The van der Waals surface area contributed by atoms with Gasteiger partial charge < -0.3 is 15.1 Å². The Labute approximate surface area is 164 Å². The molecule has 1 aromatic carbocycles. The maximum atomic E-state index is 13.1. The van der Waals surface area contributed by atoms with E-state index in [1.165, 1.54) is 18.6 Å². The van der Waals surface area contributed by atoms with Crippen molar-refractivity contribution in [2.75, 3.05) is 19.6 Å². The second-order valence-corrected chi connectivity index (χ2v) is 8.06. The molecule has 1 aromatic rings. The predicted octanol–water partition coefficient (Wildman–Crippen LogP) is 1.49. The minimum Gasteiger partial charge on any atom is -0.342 e. The van der Waals surface area contributed by atoms with Crippen molar-refractivity contribution < 1.29 is 18.8 Å². The molecule has 2 heterocycles. The Balaban J connectivity index is 1.41. The van der Waals surface area contributed by atoms with Crippen LogP contribution in [0.3, 0.4) is 0 Å². The van der Waals surface area contributed by atoms with Crippen molar-refractivity contribution in [1.29, 1.82) is 0 Å². The number of amides is 3. The highest BCUT2D eigenvalue weighted by Crippen LogP contribution is 2.27. The normalized spacial score (nSPS) is 26.0. The molecule has 28 heavy (non-hydrogen) atoms. The van der Waals surface area contributed by atoms with Gasteiger partial charge in [0.2, 0.25) is 17.7 Å². The average Bonchev–Trinajstić information content (AvgIpc) is 2.73. The molecule has 0 unspecified atom stereocenters. The average molecular weight is 387 g/mol. The van der Waals surface area contributed by atoms with Crippen molar-refractivity contribution in [1.82, 2.24) is 15.1 Å². The predicted molar refractivity (Wildman–Crippen MR) is 101 cm³/mol. The van der Waals surface area contributed by atoms with Crippen LogP contribution in [0.1, 0.15) is 37.7 Å². The SMILES string of the molecule is O=C1N[C@H](Cc2ccc(F)cc2)C(=O)N2CCN(C(=O)C3CCCCC3)C[C@H]12. The number of carbonyl (C=O) groups excluding carboxylic acids is 3. The number of piperazine rings is 2. The van der Waals surface area contributed by atoms with Gasteiger partial charge in [-0.1, -0.05) is 31.4 Å². The zero-order valence-electron chi connectivity index (χ0n) is 15.9. The van der Waals surface area contributed by atoms with E-state index in [1.807, 2.05) is 0 Å². The van der Waals surface area contributed by atoms with Gasteiger partial charge in [-0.2, -0.15) is 0 Å². The summed E-state index contributed by atoms with van der Waals surface area (Å²) < 4.78 is 13.1. The Bertz CT molecular complexity index is 761. The Hall–Kier alpha value is -2.44. The summed E-state index contributed by atoms with van der Waals surface area (Å²) in [6.45, 7) is 1.14. The van der Waals surface area contributed by atoms with E-state index in [2.05, 4.69) is 5.32 Å². The summed E-state index contributed by atoms with van der Waals surface area (Å²) in [6, 6.07) is 4.70. The summed E-state index contributed by atoms with van der Waals surface area (Å²) in [5.41, 5.74) is 0.796. The number of benzene rings is 1. The number of fused-ring (bicyclic) bond motifs is 1. The Morgan fingerprint density at radius 2 is 1.79 bits per heavy atom. The summed E-state index contributed by atoms with van der Waals surface area (Å²) >= 11 is 0. The maximum absolute atomic E-state index is 13.1. The van der Waals surface area contributed by atoms with Gasteiger partial charge in [-0.3, -0.25) is 14.4 Å². The summed E-state index contributed by atoms with van der Waals surface area (Å²) in [6.07, 6.45) is 5.54. The summed E-state index contributed by atoms with van der Waals surface area (Å²) in [5.74, 6) is -0.477. The van der Waals surface area contributed by atoms with Gasteiger partial charge in [0.1, 0.15) is 17.9 Å². The van der Waals surface area contributed by atoms with Crippen LogP contribution in [0.15, 0.2) is 24.3 Å². The number of rotatable bonds is 3. The fourth-order valence-corrected chi connectivity index (χ4v) is 4.60. The molecule has 6 nitrogen and oxygen atoms in total. The Morgan fingerprint density at radius 1 is 1.07 bits per heavy atom. The molecule has 1 aliphatic carbocycles. The Kier molecular flexibility index (Phi) is 5.33. The van der Waals surface area contributed by atoms with Gasteiger partial charge in [0.05, 0.1) is 6.54 Å². The number of halogens is 1. The van der Waals surface area contributed by atoms with Crippen molar-refractivity contribution in [2.24, 2.45) is 5.92 Å². The molecule has 0 spiro atoms. The van der Waals surface area contributed by atoms with E-state index in [0.29, 0.717) is 19.5 Å². The topological polar surface area (TPSA) is 69.7 Å². The summed E-state index contributed by atoms with van der Waals surface area (Å²) in [4.78, 5) is 41.7. The second-order valence-electron chi connectivity index (χ2n) is 8.06. The monoisotopic (exact) mass is 387 g/mol. The zero-order valence-corrected chi connectivity index (χ0v) is 15.9. The molecule has 3 fully saturated rings. The molecule has 2 saturated heterocycles. The number of hydrogen-bond donors (Lipinski definition) is 1. The fourth-order valence-electron chi connectivity index (χ4n) is 4.60. The molecule has 150 valence electrons. The molecule has 0 radical (unpaired) electrons. The van der Waals surface area contributed by atoms with Crippen molar-refractivity contribution in [3.8, 4) is 0 Å². The van der Waals surface area contributed by atoms with Crippen molar-refractivity contribution in [3.05, 3.63) is 35.6 Å². The molecule has 4 rings (SSSR count). The number of nitrogens with zero attached hydrogens (tertiary/aromatic N) is 2. The van der Waals surface area contributed by atoms with Crippen LogP contribution in [0.25, 0.3) is 0 Å². The molecule has 1 N–H and O–H groups in total. The lowest BCUT2D eigenvalue weighted by Crippen LogP contribution is -2.70. The van der Waals surface area contributed by atoms with E-state index in [0.717, 1.165) is 31.2 Å². The van der Waals surface area contributed by atoms with Gasteiger partial charge >= 0.3 is 0 Å². The van der Waals surface area contributed by atoms with Gasteiger partial charge in [0.25, 0.3) is 0 Å². The number of carbonyl (C=O) groups is 3. The standard InChI is InChI=1S/C21H26FN3O3/c22-16-8-6-14(7-9-16)12-17-21(28)25-11-10-24(13-18(25)19(26)23-17)20(27)15-4-2-1-3-5-15/h6-9,15,17-18H,1-5,10-13H2,(H,23,26)/t17-,18-/m1/s1. The van der Waals surface area contributed by atoms with Crippen LogP contribution in [-0.2, 0) is 20.8 Å². The molecule has 3 aliphatic rings. The van der Waals surface area contributed by atoms with Crippen LogP contribution in [0, 0.1) is 11.7 Å². The highest BCUT2D eigenvalue weighted by molar-refractivity contribution is 5.98. The lowest BCUT2D eigenvalue weighted by atomic mass is 9.88. The largest absolute Gasteiger partial charge is 0.342 e. The van der Waals surface area contributed by atoms with E-state index in [9.17, 15) is 18.8 Å². The van der Waals surface area contributed by atoms with Crippen molar-refractivity contribution >= 4 is 17.7 Å². The maximum Gasteiger partial charge on any atom is 0.246 e. The smallest absolute Gasteiger partial charge is 0.246 e. The van der Waals surface area contributed by atoms with Crippen LogP contribution < -0.4 is 5.32 Å². The first-order valence-electron chi connectivity index (χ1n) is 10.2. The molecule has 0 aromatic heterocycles. The van der Waals surface area contributed by atoms with Gasteiger partial charge in [-0.05, 0) is 30.5 Å². The highest BCUT2D eigenvalue weighted by atomic mass is 19.1. The molecular weight excluding hydrogens is 361 g/mol. The van der Waals surface area contributed by atoms with Crippen LogP contribution in [-0.4, -0.2) is 59.2 Å². The van der Waals surface area contributed by atoms with Gasteiger partial charge in [0, 0.05) is 25.4 Å². The molecule has 1 saturated carbocycles.